The van der Waals surface area contributed by atoms with E-state index in [1.54, 1.807) is 0 Å². The van der Waals surface area contributed by atoms with E-state index in [9.17, 15) is 18.7 Å². The zero-order chi connectivity index (χ0) is 23.4. The number of aliphatic hydroxyl groups is 1. The Bertz CT molecular complexity index is 1070. The number of aliphatic hydroxyl groups excluding tert-OH is 1. The van der Waals surface area contributed by atoms with Gasteiger partial charge in [0.15, 0.2) is 5.82 Å². The van der Waals surface area contributed by atoms with E-state index in [4.69, 9.17) is 0 Å². The molecular weight excluding hydrogens is 432 g/mol. The summed E-state index contributed by atoms with van der Waals surface area (Å²) in [6.45, 7) is 3.36. The van der Waals surface area contributed by atoms with Crippen molar-refractivity contribution in [2.45, 2.75) is 69.9 Å². The molecule has 1 saturated carbocycles. The number of nitrogens with zero attached hydrogens (tertiary/aromatic N) is 6. The Balaban J connectivity index is 1.58. The van der Waals surface area contributed by atoms with Gasteiger partial charge in [0.2, 0.25) is 11.9 Å². The van der Waals surface area contributed by atoms with E-state index in [0.29, 0.717) is 30.2 Å². The number of halogens is 2. The van der Waals surface area contributed by atoms with E-state index in [2.05, 4.69) is 25.3 Å². The maximum atomic E-state index is 13.9. The van der Waals surface area contributed by atoms with Crippen LogP contribution in [0.5, 0.6) is 0 Å². The number of amides is 1. The highest BCUT2D eigenvalue weighted by molar-refractivity contribution is 6.13. The number of aromatic nitrogens is 4. The summed E-state index contributed by atoms with van der Waals surface area (Å²) in [4.78, 5) is 34.4. The Morgan fingerprint density at radius 3 is 2.42 bits per heavy atom. The topological polar surface area (TPSA) is 107 Å². The van der Waals surface area contributed by atoms with Crippen LogP contribution in [0.2, 0.25) is 0 Å². The molecule has 1 saturated heterocycles. The molecule has 0 radical (unpaired) electrons. The molecule has 176 valence electrons. The molecule has 11 heteroatoms. The van der Waals surface area contributed by atoms with Gasteiger partial charge in [0.05, 0.1) is 35.6 Å². The Hall–Kier alpha value is -2.95. The molecule has 2 aliphatic heterocycles. The lowest BCUT2D eigenvalue weighted by molar-refractivity contribution is -0.122. The summed E-state index contributed by atoms with van der Waals surface area (Å²) in [5, 5.41) is 13.1. The number of nitrogens with one attached hydrogen (secondary N) is 1. The van der Waals surface area contributed by atoms with Crippen molar-refractivity contribution in [3.8, 4) is 0 Å². The van der Waals surface area contributed by atoms with Gasteiger partial charge < -0.3 is 15.3 Å². The summed E-state index contributed by atoms with van der Waals surface area (Å²) in [7, 11) is 0. The Kier molecular flexibility index (Phi) is 5.19. The molecule has 3 aliphatic rings. The highest BCUT2D eigenvalue weighted by Crippen LogP contribution is 2.54. The lowest BCUT2D eigenvalue weighted by atomic mass is 9.80. The van der Waals surface area contributed by atoms with Crippen LogP contribution in [0.4, 0.5) is 32.1 Å². The molecule has 2 fully saturated rings. The minimum atomic E-state index is -2.75. The number of carbonyl (C=O) groups is 1. The minimum Gasteiger partial charge on any atom is -0.388 e. The molecule has 1 aliphatic carbocycles. The van der Waals surface area contributed by atoms with Gasteiger partial charge in [0, 0.05) is 19.0 Å². The number of fused-ring (bicyclic) bond motifs is 2. The van der Waals surface area contributed by atoms with E-state index >= 15 is 0 Å². The maximum Gasteiger partial charge on any atom is 0.267 e. The SMILES string of the molecule is CC(C)Nc1nc(CO)nc2c1C1(CCCC1)C(=O)N2c1cnc(N2CCC(F)(F)C2)nc1. The number of alkyl halides is 2. The van der Waals surface area contributed by atoms with Crippen LogP contribution in [0, 0.1) is 0 Å². The van der Waals surface area contributed by atoms with Crippen LogP contribution in [0.1, 0.15) is 57.3 Å². The monoisotopic (exact) mass is 459 g/mol. The molecule has 1 spiro atoms. The van der Waals surface area contributed by atoms with Crippen LogP contribution in [-0.4, -0.2) is 56.0 Å². The van der Waals surface area contributed by atoms with E-state index in [0.717, 1.165) is 18.4 Å². The van der Waals surface area contributed by atoms with Gasteiger partial charge in [-0.05, 0) is 26.7 Å². The number of rotatable bonds is 5. The predicted molar refractivity (Wildman–Crippen MR) is 118 cm³/mol. The van der Waals surface area contributed by atoms with Crippen LogP contribution in [0.25, 0.3) is 0 Å². The standard InChI is InChI=1S/C22H27F2N7O2/c1-13(2)27-17-16-18(29-15(11-32)28-17)31(19(33)21(16)5-3-4-6-21)14-9-25-20(26-10-14)30-8-7-22(23,24)12-30/h9-10,13,32H,3-8,11-12H2,1-2H3,(H,27,28,29). The van der Waals surface area contributed by atoms with Gasteiger partial charge in [-0.25, -0.2) is 28.7 Å². The van der Waals surface area contributed by atoms with Crippen LogP contribution in [0.3, 0.4) is 0 Å². The van der Waals surface area contributed by atoms with Crippen LogP contribution in [0.15, 0.2) is 12.4 Å². The number of carbonyl (C=O) groups excluding carboxylic acids is 1. The van der Waals surface area contributed by atoms with Crippen molar-refractivity contribution in [2.24, 2.45) is 0 Å². The average molecular weight is 460 g/mol. The predicted octanol–water partition coefficient (Wildman–Crippen LogP) is 2.91. The first-order valence-electron chi connectivity index (χ1n) is 11.3. The highest BCUT2D eigenvalue weighted by Gasteiger charge is 2.55. The Labute approximate surface area is 190 Å². The van der Waals surface area contributed by atoms with Crippen molar-refractivity contribution >= 4 is 29.2 Å². The fraction of sp³-hybridized carbons (Fsp3) is 0.591. The molecule has 0 atom stereocenters. The smallest absolute Gasteiger partial charge is 0.267 e. The van der Waals surface area contributed by atoms with Crippen LogP contribution in [-0.2, 0) is 16.8 Å². The van der Waals surface area contributed by atoms with Crippen molar-refractivity contribution in [3.05, 3.63) is 23.8 Å². The summed E-state index contributed by atoms with van der Waals surface area (Å²) in [5.74, 6) is -1.46. The normalized spacial score (nSPS) is 20.8. The quantitative estimate of drug-likeness (QED) is 0.703. The third kappa shape index (κ3) is 3.58. The molecular formula is C22H27F2N7O2. The molecule has 1 amide bonds. The second-order valence-corrected chi connectivity index (χ2v) is 9.34. The lowest BCUT2D eigenvalue weighted by Gasteiger charge is -2.24. The third-order valence-electron chi connectivity index (χ3n) is 6.60. The van der Waals surface area contributed by atoms with Gasteiger partial charge >= 0.3 is 0 Å². The third-order valence-corrected chi connectivity index (χ3v) is 6.60. The average Bonchev–Trinajstić information content (AvgIpc) is 3.46. The molecule has 2 aromatic rings. The van der Waals surface area contributed by atoms with Crippen molar-refractivity contribution in [1.29, 1.82) is 0 Å². The summed E-state index contributed by atoms with van der Waals surface area (Å²) >= 11 is 0. The molecule has 33 heavy (non-hydrogen) atoms. The molecule has 9 nitrogen and oxygen atoms in total. The van der Waals surface area contributed by atoms with E-state index < -0.39 is 17.9 Å². The van der Waals surface area contributed by atoms with Gasteiger partial charge in [-0.3, -0.25) is 9.69 Å². The van der Waals surface area contributed by atoms with E-state index in [1.165, 1.54) is 22.2 Å². The molecule has 4 heterocycles. The fourth-order valence-electron chi connectivity index (χ4n) is 5.14. The first-order chi connectivity index (χ1) is 15.7. The molecule has 2 N–H and O–H groups in total. The zero-order valence-electron chi connectivity index (χ0n) is 18.7. The number of hydrogen-bond acceptors (Lipinski definition) is 8. The summed E-state index contributed by atoms with van der Waals surface area (Å²) in [6.07, 6.45) is 5.93. The van der Waals surface area contributed by atoms with Gasteiger partial charge in [0.1, 0.15) is 18.2 Å². The van der Waals surface area contributed by atoms with E-state index in [1.807, 2.05) is 13.8 Å². The minimum absolute atomic E-state index is 0.0688. The van der Waals surface area contributed by atoms with Crippen molar-refractivity contribution in [2.75, 3.05) is 28.2 Å². The number of hydrogen-bond donors (Lipinski definition) is 2. The summed E-state index contributed by atoms with van der Waals surface area (Å²) in [5.41, 5.74) is 0.424. The van der Waals surface area contributed by atoms with Crippen molar-refractivity contribution < 1.29 is 18.7 Å². The van der Waals surface area contributed by atoms with Crippen molar-refractivity contribution in [1.82, 2.24) is 19.9 Å². The largest absolute Gasteiger partial charge is 0.388 e. The second kappa shape index (κ2) is 7.82. The Morgan fingerprint density at radius 1 is 1.15 bits per heavy atom. The highest BCUT2D eigenvalue weighted by atomic mass is 19.3. The molecule has 0 unspecified atom stereocenters. The van der Waals surface area contributed by atoms with Gasteiger partial charge in [-0.2, -0.15) is 0 Å². The zero-order valence-corrected chi connectivity index (χ0v) is 18.7. The lowest BCUT2D eigenvalue weighted by Crippen LogP contribution is -2.36. The molecule has 2 aromatic heterocycles. The summed E-state index contributed by atoms with van der Waals surface area (Å²) in [6, 6.07) is 0.0688. The van der Waals surface area contributed by atoms with Gasteiger partial charge in [-0.15, -0.1) is 0 Å². The molecule has 5 rings (SSSR count). The first kappa shape index (κ1) is 21.9. The number of anilines is 4. The second-order valence-electron chi connectivity index (χ2n) is 9.34. The van der Waals surface area contributed by atoms with Crippen LogP contribution < -0.4 is 15.1 Å². The van der Waals surface area contributed by atoms with Gasteiger partial charge in [-0.1, -0.05) is 12.8 Å². The first-order valence-corrected chi connectivity index (χ1v) is 11.3. The van der Waals surface area contributed by atoms with E-state index in [-0.39, 0.29) is 43.3 Å². The van der Waals surface area contributed by atoms with Crippen molar-refractivity contribution in [3.63, 3.8) is 0 Å². The molecule has 0 aromatic carbocycles. The maximum absolute atomic E-state index is 13.9. The van der Waals surface area contributed by atoms with Gasteiger partial charge in [0.25, 0.3) is 5.92 Å². The summed E-state index contributed by atoms with van der Waals surface area (Å²) < 4.78 is 27.2. The fourth-order valence-corrected chi connectivity index (χ4v) is 5.14. The van der Waals surface area contributed by atoms with Crippen LogP contribution >= 0.6 is 0 Å². The Morgan fingerprint density at radius 2 is 1.85 bits per heavy atom. The molecule has 0 bridgehead atoms.